The molecule has 19 heavy (non-hydrogen) atoms. The van der Waals surface area contributed by atoms with Gasteiger partial charge >= 0.3 is 0 Å². The van der Waals surface area contributed by atoms with Crippen molar-refractivity contribution in [3.8, 4) is 0 Å². The summed E-state index contributed by atoms with van der Waals surface area (Å²) in [6.45, 7) is 7.22. The standard InChI is InChI=1S/C15H17NO2S/c1-3-5-15-14-11-13(19(17,18)10-4-2)7-6-12(14)8-9-16-15/h3-4,6-9,11,15-16H,1-2,5,10H2. The lowest BCUT2D eigenvalue weighted by Crippen LogP contribution is -2.19. The van der Waals surface area contributed by atoms with E-state index in [1.54, 1.807) is 12.1 Å². The van der Waals surface area contributed by atoms with Crippen LogP contribution in [0.1, 0.15) is 23.6 Å². The Morgan fingerprint density at radius 1 is 1.26 bits per heavy atom. The van der Waals surface area contributed by atoms with E-state index >= 15 is 0 Å². The van der Waals surface area contributed by atoms with E-state index < -0.39 is 9.84 Å². The van der Waals surface area contributed by atoms with Crippen molar-refractivity contribution in [1.29, 1.82) is 0 Å². The van der Waals surface area contributed by atoms with E-state index in [0.717, 1.165) is 17.5 Å². The van der Waals surface area contributed by atoms with Gasteiger partial charge in [-0.25, -0.2) is 8.42 Å². The van der Waals surface area contributed by atoms with Gasteiger partial charge in [-0.1, -0.05) is 18.2 Å². The van der Waals surface area contributed by atoms with Crippen LogP contribution in [0.4, 0.5) is 0 Å². The molecule has 0 saturated carbocycles. The lowest BCUT2D eigenvalue weighted by molar-refractivity contribution is 0.597. The van der Waals surface area contributed by atoms with Gasteiger partial charge in [0.2, 0.25) is 0 Å². The smallest absolute Gasteiger partial charge is 0.181 e. The molecule has 1 aromatic rings. The molecule has 100 valence electrons. The molecule has 1 aliphatic heterocycles. The lowest BCUT2D eigenvalue weighted by Gasteiger charge is -2.23. The van der Waals surface area contributed by atoms with Crippen LogP contribution in [-0.2, 0) is 9.84 Å². The van der Waals surface area contributed by atoms with E-state index in [4.69, 9.17) is 0 Å². The molecule has 0 spiro atoms. The van der Waals surface area contributed by atoms with Gasteiger partial charge in [0, 0.05) is 0 Å². The number of nitrogens with one attached hydrogen (secondary N) is 1. The second-order valence-electron chi connectivity index (χ2n) is 4.44. The molecular formula is C15H17NO2S. The molecule has 0 saturated heterocycles. The zero-order chi connectivity index (χ0) is 13.9. The quantitative estimate of drug-likeness (QED) is 0.841. The van der Waals surface area contributed by atoms with Crippen molar-refractivity contribution in [3.63, 3.8) is 0 Å². The normalized spacial score (nSPS) is 17.4. The fraction of sp³-hybridized carbons (Fsp3) is 0.200. The lowest BCUT2D eigenvalue weighted by atomic mass is 9.96. The predicted octanol–water partition coefficient (Wildman–Crippen LogP) is 2.84. The molecule has 2 rings (SSSR count). The van der Waals surface area contributed by atoms with Crippen molar-refractivity contribution in [2.24, 2.45) is 0 Å². The van der Waals surface area contributed by atoms with Gasteiger partial charge in [0.1, 0.15) is 0 Å². The highest BCUT2D eigenvalue weighted by atomic mass is 32.2. The van der Waals surface area contributed by atoms with Gasteiger partial charge in [0.25, 0.3) is 0 Å². The highest BCUT2D eigenvalue weighted by Gasteiger charge is 2.19. The van der Waals surface area contributed by atoms with Crippen molar-refractivity contribution in [3.05, 3.63) is 60.8 Å². The second-order valence-corrected chi connectivity index (χ2v) is 6.47. The largest absolute Gasteiger partial charge is 0.384 e. The zero-order valence-electron chi connectivity index (χ0n) is 10.7. The van der Waals surface area contributed by atoms with E-state index in [9.17, 15) is 8.42 Å². The topological polar surface area (TPSA) is 46.2 Å². The Bertz CT molecular complexity index is 630. The Morgan fingerprint density at radius 2 is 2.05 bits per heavy atom. The molecule has 1 unspecified atom stereocenters. The Labute approximate surface area is 114 Å². The third kappa shape index (κ3) is 2.79. The third-order valence-electron chi connectivity index (χ3n) is 3.09. The minimum absolute atomic E-state index is 0.0405. The molecule has 3 nitrogen and oxygen atoms in total. The first kappa shape index (κ1) is 13.6. The van der Waals surface area contributed by atoms with Crippen LogP contribution in [0.25, 0.3) is 6.08 Å². The summed E-state index contributed by atoms with van der Waals surface area (Å²) in [7, 11) is -3.28. The number of fused-ring (bicyclic) bond motifs is 1. The number of hydrogen-bond acceptors (Lipinski definition) is 3. The van der Waals surface area contributed by atoms with E-state index in [2.05, 4.69) is 18.5 Å². The average Bonchev–Trinajstić information content (AvgIpc) is 2.39. The summed E-state index contributed by atoms with van der Waals surface area (Å²) in [5, 5.41) is 3.22. The van der Waals surface area contributed by atoms with Crippen molar-refractivity contribution in [2.75, 3.05) is 5.75 Å². The molecule has 1 heterocycles. The van der Waals surface area contributed by atoms with Crippen molar-refractivity contribution in [2.45, 2.75) is 17.4 Å². The first-order valence-corrected chi connectivity index (χ1v) is 7.75. The van der Waals surface area contributed by atoms with Gasteiger partial charge < -0.3 is 5.32 Å². The summed E-state index contributed by atoms with van der Waals surface area (Å²) in [5.74, 6) is -0.0405. The van der Waals surface area contributed by atoms with Crippen molar-refractivity contribution in [1.82, 2.24) is 5.32 Å². The Morgan fingerprint density at radius 3 is 2.74 bits per heavy atom. The average molecular weight is 275 g/mol. The Kier molecular flexibility index (Phi) is 3.90. The summed E-state index contributed by atoms with van der Waals surface area (Å²) < 4.78 is 24.1. The highest BCUT2D eigenvalue weighted by molar-refractivity contribution is 7.91. The Balaban J connectivity index is 2.47. The molecule has 1 atom stereocenters. The minimum atomic E-state index is -3.28. The van der Waals surface area contributed by atoms with Gasteiger partial charge in [-0.05, 0) is 42.0 Å². The predicted molar refractivity (Wildman–Crippen MR) is 78.4 cm³/mol. The molecule has 0 amide bonds. The molecule has 1 aromatic carbocycles. The van der Waals surface area contributed by atoms with Gasteiger partial charge in [-0.15, -0.1) is 13.2 Å². The number of hydrogen-bond donors (Lipinski definition) is 1. The first-order chi connectivity index (χ1) is 9.08. The summed E-state index contributed by atoms with van der Waals surface area (Å²) in [6, 6.07) is 5.33. The van der Waals surface area contributed by atoms with Gasteiger partial charge in [0.05, 0.1) is 16.7 Å². The van der Waals surface area contributed by atoms with Crippen LogP contribution >= 0.6 is 0 Å². The maximum absolute atomic E-state index is 12.1. The first-order valence-electron chi connectivity index (χ1n) is 6.09. The second kappa shape index (κ2) is 5.45. The van der Waals surface area contributed by atoms with E-state index in [-0.39, 0.29) is 11.8 Å². The molecular weight excluding hydrogens is 258 g/mol. The number of sulfone groups is 1. The maximum Gasteiger partial charge on any atom is 0.181 e. The number of benzene rings is 1. The molecule has 0 aromatic heterocycles. The van der Waals surface area contributed by atoms with Crippen LogP contribution in [0, 0.1) is 0 Å². The third-order valence-corrected chi connectivity index (χ3v) is 4.74. The van der Waals surface area contributed by atoms with Crippen LogP contribution in [0.5, 0.6) is 0 Å². The summed E-state index contributed by atoms with van der Waals surface area (Å²) in [4.78, 5) is 0.345. The maximum atomic E-state index is 12.1. The molecule has 0 fully saturated rings. The zero-order valence-corrected chi connectivity index (χ0v) is 11.5. The molecule has 4 heteroatoms. The van der Waals surface area contributed by atoms with Gasteiger partial charge in [-0.3, -0.25) is 0 Å². The fourth-order valence-electron chi connectivity index (χ4n) is 2.16. The van der Waals surface area contributed by atoms with E-state index in [0.29, 0.717) is 4.90 Å². The fourth-order valence-corrected chi connectivity index (χ4v) is 3.24. The van der Waals surface area contributed by atoms with Crippen LogP contribution in [-0.4, -0.2) is 14.2 Å². The van der Waals surface area contributed by atoms with E-state index in [1.165, 1.54) is 6.08 Å². The summed E-state index contributed by atoms with van der Waals surface area (Å²) in [5.41, 5.74) is 2.04. The monoisotopic (exact) mass is 275 g/mol. The van der Waals surface area contributed by atoms with Crippen LogP contribution < -0.4 is 5.32 Å². The van der Waals surface area contributed by atoms with Crippen LogP contribution in [0.15, 0.2) is 54.6 Å². The van der Waals surface area contributed by atoms with Gasteiger partial charge in [-0.2, -0.15) is 0 Å². The molecule has 0 radical (unpaired) electrons. The molecule has 0 bridgehead atoms. The summed E-state index contributed by atoms with van der Waals surface area (Å²) in [6.07, 6.45) is 7.81. The summed E-state index contributed by atoms with van der Waals surface area (Å²) >= 11 is 0. The molecule has 0 aliphatic carbocycles. The number of rotatable bonds is 5. The van der Waals surface area contributed by atoms with Crippen LogP contribution in [0.3, 0.4) is 0 Å². The minimum Gasteiger partial charge on any atom is -0.384 e. The highest BCUT2D eigenvalue weighted by Crippen LogP contribution is 2.28. The molecule has 1 aliphatic rings. The van der Waals surface area contributed by atoms with Crippen LogP contribution in [0.2, 0.25) is 0 Å². The SMILES string of the molecule is C=CCC1NC=Cc2ccc(S(=O)(=O)CC=C)cc21. The van der Waals surface area contributed by atoms with Gasteiger partial charge in [0.15, 0.2) is 9.84 Å². The van der Waals surface area contributed by atoms with Crippen molar-refractivity contribution < 1.29 is 8.42 Å². The van der Waals surface area contributed by atoms with Crippen molar-refractivity contribution >= 4 is 15.9 Å². The Hall–Kier alpha value is -1.81. The van der Waals surface area contributed by atoms with E-state index in [1.807, 2.05) is 24.4 Å². The molecule has 1 N–H and O–H groups in total.